The van der Waals surface area contributed by atoms with E-state index in [1.807, 2.05) is 0 Å². The van der Waals surface area contributed by atoms with Crippen molar-refractivity contribution in [3.8, 4) is 0 Å². The molecule has 0 aromatic heterocycles. The molecule has 118 valence electrons. The maximum Gasteiger partial charge on any atom is 0.0653 e. The van der Waals surface area contributed by atoms with Crippen LogP contribution in [0, 0.1) is 29.1 Å². The number of aliphatic hydroxyl groups is 1. The van der Waals surface area contributed by atoms with Crippen molar-refractivity contribution < 1.29 is 5.11 Å². The number of hydrogen-bond acceptors (Lipinski definition) is 1. The van der Waals surface area contributed by atoms with Gasteiger partial charge in [0.05, 0.1) is 5.60 Å². The highest BCUT2D eigenvalue weighted by atomic mass is 16.3. The highest BCUT2D eigenvalue weighted by Gasteiger charge is 2.54. The van der Waals surface area contributed by atoms with Crippen LogP contribution in [0.2, 0.25) is 0 Å². The Morgan fingerprint density at radius 2 is 1.90 bits per heavy atom. The highest BCUT2D eigenvalue weighted by Crippen LogP contribution is 2.59. The molecule has 1 heteroatoms. The topological polar surface area (TPSA) is 20.2 Å². The summed E-state index contributed by atoms with van der Waals surface area (Å²) in [4.78, 5) is 0. The van der Waals surface area contributed by atoms with Crippen molar-refractivity contribution in [3.05, 3.63) is 0 Å². The van der Waals surface area contributed by atoms with Crippen molar-refractivity contribution in [1.82, 2.24) is 0 Å². The fourth-order valence-corrected chi connectivity index (χ4v) is 5.53. The molecule has 0 saturated heterocycles. The van der Waals surface area contributed by atoms with Crippen molar-refractivity contribution in [3.63, 3.8) is 0 Å². The van der Waals surface area contributed by atoms with Gasteiger partial charge in [0.1, 0.15) is 0 Å². The fourth-order valence-electron chi connectivity index (χ4n) is 5.53. The summed E-state index contributed by atoms with van der Waals surface area (Å²) in [7, 11) is 0. The van der Waals surface area contributed by atoms with Crippen LogP contribution in [0.15, 0.2) is 0 Å². The monoisotopic (exact) mass is 280 g/mol. The molecule has 2 rings (SSSR count). The van der Waals surface area contributed by atoms with Crippen LogP contribution in [-0.2, 0) is 0 Å². The number of fused-ring (bicyclic) bond motifs is 1. The first-order valence-corrected chi connectivity index (χ1v) is 9.03. The van der Waals surface area contributed by atoms with Gasteiger partial charge in [-0.3, -0.25) is 0 Å². The third kappa shape index (κ3) is 2.93. The van der Waals surface area contributed by atoms with Crippen LogP contribution in [0.5, 0.6) is 0 Å². The van der Waals surface area contributed by atoms with Crippen LogP contribution in [-0.4, -0.2) is 10.7 Å². The summed E-state index contributed by atoms with van der Waals surface area (Å²) in [5, 5.41) is 10.9. The normalized spacial score (nSPS) is 46.8. The first kappa shape index (κ1) is 16.3. The average molecular weight is 280 g/mol. The quantitative estimate of drug-likeness (QED) is 0.729. The second-order valence-corrected chi connectivity index (χ2v) is 8.52. The second kappa shape index (κ2) is 5.99. The molecule has 2 aliphatic rings. The van der Waals surface area contributed by atoms with E-state index in [9.17, 15) is 5.11 Å². The SMILES string of the molecule is CCC(C)CC[C@H]1[C@@H](C)CCC2[C@@](C)(O)CCC[C@@]21C. The lowest BCUT2D eigenvalue weighted by Crippen LogP contribution is -2.55. The van der Waals surface area contributed by atoms with Gasteiger partial charge in [-0.1, -0.05) is 53.4 Å². The van der Waals surface area contributed by atoms with Gasteiger partial charge in [-0.25, -0.2) is 0 Å². The fraction of sp³-hybridized carbons (Fsp3) is 1.00. The molecule has 6 atom stereocenters. The molecule has 0 aliphatic heterocycles. The van der Waals surface area contributed by atoms with E-state index in [0.29, 0.717) is 11.3 Å². The molecule has 0 aromatic rings. The molecule has 2 aliphatic carbocycles. The zero-order valence-corrected chi connectivity index (χ0v) is 14.4. The lowest BCUT2D eigenvalue weighted by Gasteiger charge is -2.58. The van der Waals surface area contributed by atoms with Gasteiger partial charge >= 0.3 is 0 Å². The summed E-state index contributed by atoms with van der Waals surface area (Å²) < 4.78 is 0. The molecular formula is C19H36O. The molecule has 0 bridgehead atoms. The largest absolute Gasteiger partial charge is 0.390 e. The van der Waals surface area contributed by atoms with Crippen molar-refractivity contribution >= 4 is 0 Å². The Bertz CT molecular complexity index is 322. The standard InChI is InChI=1S/C19H36O/c1-6-14(2)8-10-16-15(3)9-11-17-18(16,4)12-7-13-19(17,5)20/h14-17,20H,6-13H2,1-5H3/t14?,15-,16-,17?,18+,19-/m0/s1. The van der Waals surface area contributed by atoms with E-state index in [1.54, 1.807) is 0 Å². The predicted molar refractivity (Wildman–Crippen MR) is 86.6 cm³/mol. The molecular weight excluding hydrogens is 244 g/mol. The molecule has 0 amide bonds. The lowest BCUT2D eigenvalue weighted by atomic mass is 9.48. The first-order valence-electron chi connectivity index (χ1n) is 9.03. The van der Waals surface area contributed by atoms with Gasteiger partial charge in [0.25, 0.3) is 0 Å². The molecule has 0 aromatic carbocycles. The van der Waals surface area contributed by atoms with Gasteiger partial charge in [0.2, 0.25) is 0 Å². The zero-order chi connectivity index (χ0) is 15.0. The highest BCUT2D eigenvalue weighted by molar-refractivity contribution is 5.04. The van der Waals surface area contributed by atoms with Crippen LogP contribution < -0.4 is 0 Å². The first-order chi connectivity index (χ1) is 9.31. The van der Waals surface area contributed by atoms with Crippen molar-refractivity contribution in [1.29, 1.82) is 0 Å². The van der Waals surface area contributed by atoms with Crippen LogP contribution >= 0.6 is 0 Å². The summed E-state index contributed by atoms with van der Waals surface area (Å²) >= 11 is 0. The van der Waals surface area contributed by atoms with Crippen molar-refractivity contribution in [2.45, 2.75) is 91.6 Å². The molecule has 2 saturated carbocycles. The lowest BCUT2D eigenvalue weighted by molar-refractivity contribution is -0.150. The minimum absolute atomic E-state index is 0.382. The molecule has 0 heterocycles. The van der Waals surface area contributed by atoms with E-state index in [-0.39, 0.29) is 0 Å². The zero-order valence-electron chi connectivity index (χ0n) is 14.4. The summed E-state index contributed by atoms with van der Waals surface area (Å²) in [6, 6.07) is 0. The van der Waals surface area contributed by atoms with Crippen molar-refractivity contribution in [2.75, 3.05) is 0 Å². The Morgan fingerprint density at radius 3 is 2.55 bits per heavy atom. The summed E-state index contributed by atoms with van der Waals surface area (Å²) in [5.74, 6) is 3.05. The minimum Gasteiger partial charge on any atom is -0.390 e. The molecule has 2 unspecified atom stereocenters. The molecule has 20 heavy (non-hydrogen) atoms. The maximum atomic E-state index is 10.9. The molecule has 0 spiro atoms. The summed E-state index contributed by atoms with van der Waals surface area (Å²) in [6.45, 7) is 11.8. The van der Waals surface area contributed by atoms with Gasteiger partial charge in [-0.2, -0.15) is 0 Å². The molecule has 2 fully saturated rings. The molecule has 1 N–H and O–H groups in total. The van der Waals surface area contributed by atoms with Gasteiger partial charge in [0.15, 0.2) is 0 Å². The third-order valence-corrected chi connectivity index (χ3v) is 7.06. The Morgan fingerprint density at radius 1 is 1.20 bits per heavy atom. The number of rotatable bonds is 4. The van der Waals surface area contributed by atoms with E-state index >= 15 is 0 Å². The molecule has 0 radical (unpaired) electrons. The van der Waals surface area contributed by atoms with Gasteiger partial charge in [-0.15, -0.1) is 0 Å². The minimum atomic E-state index is -0.415. The van der Waals surface area contributed by atoms with E-state index in [0.717, 1.165) is 24.2 Å². The van der Waals surface area contributed by atoms with E-state index in [1.165, 1.54) is 44.9 Å². The van der Waals surface area contributed by atoms with E-state index in [2.05, 4.69) is 34.6 Å². The number of hydrogen-bond donors (Lipinski definition) is 1. The van der Waals surface area contributed by atoms with E-state index < -0.39 is 5.60 Å². The van der Waals surface area contributed by atoms with Crippen molar-refractivity contribution in [2.24, 2.45) is 29.1 Å². The van der Waals surface area contributed by atoms with Crippen LogP contribution in [0.3, 0.4) is 0 Å². The molecule has 1 nitrogen and oxygen atoms in total. The second-order valence-electron chi connectivity index (χ2n) is 8.52. The Hall–Kier alpha value is -0.0400. The smallest absolute Gasteiger partial charge is 0.0653 e. The summed E-state index contributed by atoms with van der Waals surface area (Å²) in [5.41, 5.74) is -0.0331. The van der Waals surface area contributed by atoms with E-state index in [4.69, 9.17) is 0 Å². The van der Waals surface area contributed by atoms with Gasteiger partial charge in [-0.05, 0) is 61.7 Å². The van der Waals surface area contributed by atoms with Gasteiger partial charge < -0.3 is 5.11 Å². The van der Waals surface area contributed by atoms with Gasteiger partial charge in [0, 0.05) is 0 Å². The third-order valence-electron chi connectivity index (χ3n) is 7.06. The maximum absolute atomic E-state index is 10.9. The Balaban J connectivity index is 2.15. The predicted octanol–water partition coefficient (Wildman–Crippen LogP) is 5.42. The van der Waals surface area contributed by atoms with Crippen LogP contribution in [0.25, 0.3) is 0 Å². The average Bonchev–Trinajstić information content (AvgIpc) is 2.36. The van der Waals surface area contributed by atoms with Crippen LogP contribution in [0.1, 0.15) is 86.0 Å². The Kier molecular flexibility index (Phi) is 4.89. The van der Waals surface area contributed by atoms with Crippen LogP contribution in [0.4, 0.5) is 0 Å². The Labute approximate surface area is 126 Å². The summed E-state index contributed by atoms with van der Waals surface area (Å²) in [6.07, 6.45) is 10.2.